The molecule has 1 aromatic rings. The number of ether oxygens (including phenoxy) is 1. The molecular weight excluding hydrogens is 248 g/mol. The summed E-state index contributed by atoms with van der Waals surface area (Å²) in [6.07, 6.45) is 0.783. The van der Waals surface area contributed by atoms with Gasteiger partial charge in [0.15, 0.2) is 0 Å². The number of hydrogen-bond donors (Lipinski definition) is 1. The molecule has 3 nitrogen and oxygen atoms in total. The Morgan fingerprint density at radius 1 is 1.57 bits per heavy atom. The predicted molar refractivity (Wildman–Crippen MR) is 57.0 cm³/mol. The van der Waals surface area contributed by atoms with Crippen LogP contribution in [0.25, 0.3) is 0 Å². The second kappa shape index (κ2) is 4.46. The average molecular weight is 259 g/mol. The second-order valence-electron chi connectivity index (χ2n) is 2.80. The van der Waals surface area contributed by atoms with Gasteiger partial charge in [-0.1, -0.05) is 22.9 Å². The molecule has 0 bridgehead atoms. The van der Waals surface area contributed by atoms with E-state index in [0.29, 0.717) is 5.75 Å². The lowest BCUT2D eigenvalue weighted by atomic mass is 10.1. The molecule has 0 unspecified atom stereocenters. The lowest BCUT2D eigenvalue weighted by molar-refractivity contribution is 0.0693. The summed E-state index contributed by atoms with van der Waals surface area (Å²) in [5, 5.41) is 8.91. The Labute approximate surface area is 90.8 Å². The second-order valence-corrected chi connectivity index (χ2v) is 3.66. The van der Waals surface area contributed by atoms with E-state index in [4.69, 9.17) is 9.84 Å². The minimum atomic E-state index is -0.968. The number of carboxylic acid groups (broad SMARTS) is 1. The van der Waals surface area contributed by atoms with Gasteiger partial charge in [0.05, 0.1) is 7.11 Å². The Morgan fingerprint density at radius 3 is 2.64 bits per heavy atom. The van der Waals surface area contributed by atoms with E-state index in [1.54, 1.807) is 12.1 Å². The van der Waals surface area contributed by atoms with Crippen molar-refractivity contribution in [2.24, 2.45) is 0 Å². The first-order chi connectivity index (χ1) is 6.60. The van der Waals surface area contributed by atoms with Crippen molar-refractivity contribution in [3.63, 3.8) is 0 Å². The first kappa shape index (κ1) is 11.0. The Bertz CT molecular complexity index is 361. The zero-order chi connectivity index (χ0) is 10.7. The van der Waals surface area contributed by atoms with E-state index >= 15 is 0 Å². The van der Waals surface area contributed by atoms with E-state index in [1.807, 2.05) is 6.92 Å². The molecule has 0 aromatic heterocycles. The molecule has 0 atom stereocenters. The average Bonchev–Trinajstić information content (AvgIpc) is 2.16. The quantitative estimate of drug-likeness (QED) is 0.907. The minimum absolute atomic E-state index is 0.201. The first-order valence-corrected chi connectivity index (χ1v) is 4.99. The zero-order valence-electron chi connectivity index (χ0n) is 8.00. The monoisotopic (exact) mass is 258 g/mol. The van der Waals surface area contributed by atoms with Crippen LogP contribution in [-0.4, -0.2) is 18.2 Å². The molecule has 1 rings (SSSR count). The van der Waals surface area contributed by atoms with Gasteiger partial charge in [0, 0.05) is 4.47 Å². The van der Waals surface area contributed by atoms with Crippen LogP contribution in [0.2, 0.25) is 0 Å². The fraction of sp³-hybridized carbons (Fsp3) is 0.300. The van der Waals surface area contributed by atoms with Crippen molar-refractivity contribution in [1.29, 1.82) is 0 Å². The largest absolute Gasteiger partial charge is 0.496 e. The molecule has 0 radical (unpaired) electrons. The number of aryl methyl sites for hydroxylation is 1. The van der Waals surface area contributed by atoms with Crippen LogP contribution in [0.4, 0.5) is 0 Å². The van der Waals surface area contributed by atoms with Crippen LogP contribution in [0.15, 0.2) is 16.6 Å². The topological polar surface area (TPSA) is 46.5 Å². The third kappa shape index (κ3) is 2.07. The number of halogens is 1. The summed E-state index contributed by atoms with van der Waals surface area (Å²) in [7, 11) is 1.46. The predicted octanol–water partition coefficient (Wildman–Crippen LogP) is 2.72. The van der Waals surface area contributed by atoms with E-state index in [2.05, 4.69) is 15.9 Å². The van der Waals surface area contributed by atoms with E-state index < -0.39 is 5.97 Å². The van der Waals surface area contributed by atoms with Gasteiger partial charge in [-0.15, -0.1) is 0 Å². The fourth-order valence-corrected chi connectivity index (χ4v) is 1.81. The van der Waals surface area contributed by atoms with Crippen LogP contribution in [0.1, 0.15) is 22.8 Å². The molecule has 0 amide bonds. The first-order valence-electron chi connectivity index (χ1n) is 4.19. The lowest BCUT2D eigenvalue weighted by Gasteiger charge is -2.08. The molecular formula is C10H11BrO3. The molecule has 0 saturated carbocycles. The van der Waals surface area contributed by atoms with Gasteiger partial charge in [0.1, 0.15) is 11.3 Å². The van der Waals surface area contributed by atoms with Crippen LogP contribution in [-0.2, 0) is 6.42 Å². The number of carboxylic acids is 1. The van der Waals surface area contributed by atoms with Crippen molar-refractivity contribution >= 4 is 21.9 Å². The van der Waals surface area contributed by atoms with Crippen LogP contribution in [0.5, 0.6) is 5.75 Å². The van der Waals surface area contributed by atoms with Crippen LogP contribution < -0.4 is 4.74 Å². The molecule has 1 aromatic carbocycles. The van der Waals surface area contributed by atoms with Gasteiger partial charge >= 0.3 is 5.97 Å². The summed E-state index contributed by atoms with van der Waals surface area (Å²) in [5.41, 5.74) is 1.16. The van der Waals surface area contributed by atoms with Crippen molar-refractivity contribution in [2.45, 2.75) is 13.3 Å². The minimum Gasteiger partial charge on any atom is -0.496 e. The van der Waals surface area contributed by atoms with Crippen LogP contribution >= 0.6 is 15.9 Å². The Balaban J connectivity index is 3.32. The van der Waals surface area contributed by atoms with E-state index in [9.17, 15) is 4.79 Å². The molecule has 0 heterocycles. The van der Waals surface area contributed by atoms with Crippen LogP contribution in [0, 0.1) is 0 Å². The van der Waals surface area contributed by atoms with E-state index in [-0.39, 0.29) is 5.56 Å². The van der Waals surface area contributed by atoms with Crippen LogP contribution in [0.3, 0.4) is 0 Å². The molecule has 0 fully saturated rings. The van der Waals surface area contributed by atoms with Crippen molar-refractivity contribution in [3.8, 4) is 5.75 Å². The van der Waals surface area contributed by atoms with Crippen molar-refractivity contribution in [2.75, 3.05) is 7.11 Å². The Kier molecular flexibility index (Phi) is 3.52. The van der Waals surface area contributed by atoms with Gasteiger partial charge in [-0.2, -0.15) is 0 Å². The third-order valence-electron chi connectivity index (χ3n) is 1.98. The number of hydrogen-bond acceptors (Lipinski definition) is 2. The number of aromatic carboxylic acids is 1. The molecule has 0 aliphatic heterocycles. The molecule has 4 heteroatoms. The SMILES string of the molecule is CCc1cc(C(=O)O)c(OC)cc1Br. The van der Waals surface area contributed by atoms with Gasteiger partial charge in [0.25, 0.3) is 0 Å². The molecule has 0 spiro atoms. The number of rotatable bonds is 3. The Hall–Kier alpha value is -1.03. The molecule has 1 N–H and O–H groups in total. The van der Waals surface area contributed by atoms with Crippen molar-refractivity contribution < 1.29 is 14.6 Å². The highest BCUT2D eigenvalue weighted by atomic mass is 79.9. The zero-order valence-corrected chi connectivity index (χ0v) is 9.59. The smallest absolute Gasteiger partial charge is 0.339 e. The molecule has 0 aliphatic carbocycles. The third-order valence-corrected chi connectivity index (χ3v) is 2.72. The normalized spacial score (nSPS) is 9.93. The van der Waals surface area contributed by atoms with Gasteiger partial charge < -0.3 is 9.84 Å². The highest BCUT2D eigenvalue weighted by molar-refractivity contribution is 9.10. The number of methoxy groups -OCH3 is 1. The summed E-state index contributed by atoms with van der Waals surface area (Å²) < 4.78 is 5.85. The Morgan fingerprint density at radius 2 is 2.21 bits per heavy atom. The number of benzene rings is 1. The van der Waals surface area contributed by atoms with Gasteiger partial charge in [-0.05, 0) is 24.1 Å². The molecule has 0 saturated heterocycles. The molecule has 14 heavy (non-hydrogen) atoms. The van der Waals surface area contributed by atoms with E-state index in [0.717, 1.165) is 16.5 Å². The summed E-state index contributed by atoms with van der Waals surface area (Å²) in [6, 6.07) is 3.31. The maximum Gasteiger partial charge on any atom is 0.339 e. The summed E-state index contributed by atoms with van der Waals surface area (Å²) >= 11 is 3.36. The maximum atomic E-state index is 10.9. The van der Waals surface area contributed by atoms with E-state index in [1.165, 1.54) is 7.11 Å². The molecule has 76 valence electrons. The van der Waals surface area contributed by atoms with Crippen molar-refractivity contribution in [1.82, 2.24) is 0 Å². The summed E-state index contributed by atoms with van der Waals surface area (Å²) in [5.74, 6) is -0.592. The summed E-state index contributed by atoms with van der Waals surface area (Å²) in [4.78, 5) is 10.9. The standard InChI is InChI=1S/C10H11BrO3/c1-3-6-4-7(10(12)13)9(14-2)5-8(6)11/h4-5H,3H2,1-2H3,(H,12,13). The number of carbonyl (C=O) groups is 1. The maximum absolute atomic E-state index is 10.9. The van der Waals surface area contributed by atoms with Gasteiger partial charge in [-0.3, -0.25) is 0 Å². The van der Waals surface area contributed by atoms with Crippen molar-refractivity contribution in [3.05, 3.63) is 27.7 Å². The van der Waals surface area contributed by atoms with Gasteiger partial charge in [-0.25, -0.2) is 4.79 Å². The van der Waals surface area contributed by atoms with Gasteiger partial charge in [0.2, 0.25) is 0 Å². The highest BCUT2D eigenvalue weighted by Gasteiger charge is 2.13. The lowest BCUT2D eigenvalue weighted by Crippen LogP contribution is -2.02. The summed E-state index contributed by atoms with van der Waals surface area (Å²) in [6.45, 7) is 1.97. The highest BCUT2D eigenvalue weighted by Crippen LogP contribution is 2.27. The molecule has 0 aliphatic rings. The fourth-order valence-electron chi connectivity index (χ4n) is 1.21.